The van der Waals surface area contributed by atoms with E-state index in [1.54, 1.807) is 32.3 Å². The zero-order chi connectivity index (χ0) is 18.8. The predicted octanol–water partition coefficient (Wildman–Crippen LogP) is 2.90. The highest BCUT2D eigenvalue weighted by Gasteiger charge is 2.43. The van der Waals surface area contributed by atoms with E-state index in [4.69, 9.17) is 4.74 Å². The number of benzene rings is 1. The SMILES string of the molecule is CN(C)C(=O)O/C(=C\C1CC(=O)N(C(C)(C)C)C1=O)c1ccccc1. The van der Waals surface area contributed by atoms with Gasteiger partial charge in [-0.15, -0.1) is 0 Å². The van der Waals surface area contributed by atoms with Gasteiger partial charge in [-0.2, -0.15) is 0 Å². The van der Waals surface area contributed by atoms with Crippen LogP contribution in [0.15, 0.2) is 36.4 Å². The van der Waals surface area contributed by atoms with Crippen molar-refractivity contribution in [2.45, 2.75) is 32.7 Å². The summed E-state index contributed by atoms with van der Waals surface area (Å²) in [5.41, 5.74) is 0.0939. The van der Waals surface area contributed by atoms with Crippen molar-refractivity contribution >= 4 is 23.7 Å². The fourth-order valence-corrected chi connectivity index (χ4v) is 2.65. The van der Waals surface area contributed by atoms with E-state index in [1.807, 2.05) is 39.0 Å². The molecule has 1 aromatic rings. The quantitative estimate of drug-likeness (QED) is 0.625. The molecule has 0 spiro atoms. The summed E-state index contributed by atoms with van der Waals surface area (Å²) >= 11 is 0. The molecule has 0 bridgehead atoms. The van der Waals surface area contributed by atoms with E-state index in [1.165, 1.54) is 9.80 Å². The smallest absolute Gasteiger partial charge is 0.410 e. The van der Waals surface area contributed by atoms with Gasteiger partial charge in [0.1, 0.15) is 5.76 Å². The number of ether oxygens (including phenoxy) is 1. The van der Waals surface area contributed by atoms with Crippen LogP contribution in [-0.2, 0) is 14.3 Å². The highest BCUT2D eigenvalue weighted by Crippen LogP contribution is 2.30. The Kier molecular flexibility index (Phi) is 5.30. The van der Waals surface area contributed by atoms with Crippen molar-refractivity contribution in [3.63, 3.8) is 0 Å². The van der Waals surface area contributed by atoms with Crippen LogP contribution >= 0.6 is 0 Å². The van der Waals surface area contributed by atoms with E-state index in [9.17, 15) is 14.4 Å². The number of nitrogens with zero attached hydrogens (tertiary/aromatic N) is 2. The number of likely N-dealkylation sites (tertiary alicyclic amines) is 1. The predicted molar refractivity (Wildman–Crippen MR) is 94.3 cm³/mol. The second kappa shape index (κ2) is 7.09. The molecular formula is C19H24N2O4. The molecule has 1 saturated heterocycles. The van der Waals surface area contributed by atoms with Gasteiger partial charge in [0.15, 0.2) is 0 Å². The number of amides is 3. The molecule has 1 unspecified atom stereocenters. The summed E-state index contributed by atoms with van der Waals surface area (Å²) in [6, 6.07) is 9.06. The molecule has 0 N–H and O–H groups in total. The third-order valence-electron chi connectivity index (χ3n) is 3.83. The Bertz CT molecular complexity index is 702. The first-order valence-corrected chi connectivity index (χ1v) is 8.14. The lowest BCUT2D eigenvalue weighted by molar-refractivity contribution is -0.144. The average Bonchev–Trinajstić information content (AvgIpc) is 2.81. The third kappa shape index (κ3) is 4.26. The van der Waals surface area contributed by atoms with Gasteiger partial charge in [-0.05, 0) is 26.8 Å². The summed E-state index contributed by atoms with van der Waals surface area (Å²) in [6.45, 7) is 5.46. The first-order chi connectivity index (χ1) is 11.6. The second-order valence-corrected chi connectivity index (χ2v) is 7.21. The molecule has 1 fully saturated rings. The van der Waals surface area contributed by atoms with Crippen LogP contribution < -0.4 is 0 Å². The highest BCUT2D eigenvalue weighted by molar-refractivity contribution is 6.05. The first kappa shape index (κ1) is 18.7. The van der Waals surface area contributed by atoms with Crippen molar-refractivity contribution in [1.82, 2.24) is 9.80 Å². The Balaban J connectivity index is 2.36. The minimum atomic E-state index is -0.642. The van der Waals surface area contributed by atoms with Crippen LogP contribution in [0.25, 0.3) is 5.76 Å². The van der Waals surface area contributed by atoms with E-state index in [2.05, 4.69) is 0 Å². The van der Waals surface area contributed by atoms with Crippen molar-refractivity contribution in [3.8, 4) is 0 Å². The molecule has 0 aliphatic carbocycles. The average molecular weight is 344 g/mol. The zero-order valence-electron chi connectivity index (χ0n) is 15.3. The molecular weight excluding hydrogens is 320 g/mol. The van der Waals surface area contributed by atoms with Crippen LogP contribution in [0, 0.1) is 5.92 Å². The highest BCUT2D eigenvalue weighted by atomic mass is 16.6. The molecule has 0 radical (unpaired) electrons. The van der Waals surface area contributed by atoms with Gasteiger partial charge in [-0.25, -0.2) is 4.79 Å². The van der Waals surface area contributed by atoms with Crippen molar-refractivity contribution in [2.24, 2.45) is 5.92 Å². The van der Waals surface area contributed by atoms with Crippen molar-refractivity contribution in [2.75, 3.05) is 14.1 Å². The third-order valence-corrected chi connectivity index (χ3v) is 3.83. The lowest BCUT2D eigenvalue weighted by Gasteiger charge is -2.30. The number of imide groups is 1. The van der Waals surface area contributed by atoms with E-state index in [-0.39, 0.29) is 24.0 Å². The van der Waals surface area contributed by atoms with Gasteiger partial charge in [0.25, 0.3) is 0 Å². The van der Waals surface area contributed by atoms with Gasteiger partial charge in [-0.3, -0.25) is 14.5 Å². The maximum Gasteiger partial charge on any atom is 0.414 e. The number of hydrogen-bond donors (Lipinski definition) is 0. The van der Waals surface area contributed by atoms with E-state index < -0.39 is 17.6 Å². The summed E-state index contributed by atoms with van der Waals surface area (Å²) in [6.07, 6.45) is 1.11. The molecule has 25 heavy (non-hydrogen) atoms. The monoisotopic (exact) mass is 344 g/mol. The Morgan fingerprint density at radius 3 is 2.28 bits per heavy atom. The van der Waals surface area contributed by atoms with E-state index in [0.29, 0.717) is 5.56 Å². The summed E-state index contributed by atoms with van der Waals surface area (Å²) in [5.74, 6) is -0.852. The van der Waals surface area contributed by atoms with Gasteiger partial charge in [0, 0.05) is 31.6 Å². The van der Waals surface area contributed by atoms with E-state index in [0.717, 1.165) is 0 Å². The number of carbonyl (C=O) groups is 3. The fraction of sp³-hybridized carbons (Fsp3) is 0.421. The molecule has 1 atom stereocenters. The zero-order valence-corrected chi connectivity index (χ0v) is 15.3. The molecule has 1 aromatic carbocycles. The Morgan fingerprint density at radius 1 is 1.20 bits per heavy atom. The minimum Gasteiger partial charge on any atom is -0.410 e. The largest absolute Gasteiger partial charge is 0.414 e. The van der Waals surface area contributed by atoms with Crippen LogP contribution in [0.2, 0.25) is 0 Å². The lowest BCUT2D eigenvalue weighted by atomic mass is 10.0. The molecule has 0 aromatic heterocycles. The molecule has 3 amide bonds. The Hall–Kier alpha value is -2.63. The first-order valence-electron chi connectivity index (χ1n) is 8.14. The van der Waals surface area contributed by atoms with Crippen LogP contribution in [0.3, 0.4) is 0 Å². The van der Waals surface area contributed by atoms with E-state index >= 15 is 0 Å². The molecule has 2 rings (SSSR count). The Morgan fingerprint density at radius 2 is 1.80 bits per heavy atom. The number of carbonyl (C=O) groups excluding carboxylic acids is 3. The van der Waals surface area contributed by atoms with Gasteiger partial charge in [0.2, 0.25) is 11.8 Å². The Labute approximate surface area is 148 Å². The molecule has 6 heteroatoms. The van der Waals surface area contributed by atoms with Gasteiger partial charge < -0.3 is 9.64 Å². The van der Waals surface area contributed by atoms with Crippen LogP contribution in [0.4, 0.5) is 4.79 Å². The van der Waals surface area contributed by atoms with Crippen LogP contribution in [0.1, 0.15) is 32.8 Å². The van der Waals surface area contributed by atoms with Gasteiger partial charge >= 0.3 is 6.09 Å². The maximum absolute atomic E-state index is 12.7. The number of rotatable bonds is 3. The standard InChI is InChI=1S/C19H24N2O4/c1-19(2,3)21-16(22)12-14(17(21)23)11-15(25-18(24)20(4)5)13-9-7-6-8-10-13/h6-11,14H,12H2,1-5H3/b15-11-. The van der Waals surface area contributed by atoms with Crippen LogP contribution in [-0.4, -0.2) is 47.3 Å². The minimum absolute atomic E-state index is 0.0753. The lowest BCUT2D eigenvalue weighted by Crippen LogP contribution is -2.45. The molecule has 134 valence electrons. The number of hydrogen-bond acceptors (Lipinski definition) is 4. The molecule has 1 heterocycles. The van der Waals surface area contributed by atoms with Crippen molar-refractivity contribution in [1.29, 1.82) is 0 Å². The molecule has 1 aliphatic rings. The summed E-state index contributed by atoms with van der Waals surface area (Å²) in [5, 5.41) is 0. The summed E-state index contributed by atoms with van der Waals surface area (Å²) in [7, 11) is 3.16. The molecule has 0 saturated carbocycles. The fourth-order valence-electron chi connectivity index (χ4n) is 2.65. The normalized spacial score (nSPS) is 18.5. The molecule has 6 nitrogen and oxygen atoms in total. The van der Waals surface area contributed by atoms with Crippen LogP contribution in [0.5, 0.6) is 0 Å². The van der Waals surface area contributed by atoms with Gasteiger partial charge in [0.05, 0.1) is 5.92 Å². The molecule has 1 aliphatic heterocycles. The maximum atomic E-state index is 12.7. The van der Waals surface area contributed by atoms with Crippen molar-refractivity contribution < 1.29 is 19.1 Å². The summed E-state index contributed by atoms with van der Waals surface area (Å²) in [4.78, 5) is 39.5. The topological polar surface area (TPSA) is 66.9 Å². The van der Waals surface area contributed by atoms with Crippen molar-refractivity contribution in [3.05, 3.63) is 42.0 Å². The van der Waals surface area contributed by atoms with Gasteiger partial charge in [-0.1, -0.05) is 30.3 Å². The summed E-state index contributed by atoms with van der Waals surface area (Å²) < 4.78 is 5.43. The second-order valence-electron chi connectivity index (χ2n) is 7.21.